The molecule has 0 amide bonds. The number of benzene rings is 2. The Labute approximate surface area is 135 Å². The number of halogens is 7. The molecule has 0 aliphatic heterocycles. The zero-order valence-electron chi connectivity index (χ0n) is 9.87. The summed E-state index contributed by atoms with van der Waals surface area (Å²) in [4.78, 5) is 0. The van der Waals surface area contributed by atoms with Crippen LogP contribution in [0.1, 0.15) is 0 Å². The summed E-state index contributed by atoms with van der Waals surface area (Å²) in [6.07, 6.45) is 0. The van der Waals surface area contributed by atoms with Crippen molar-refractivity contribution in [1.29, 1.82) is 0 Å². The van der Waals surface area contributed by atoms with Crippen LogP contribution in [0, 0.1) is 7.14 Å². The Bertz CT molecular complexity index is 339. The molecule has 20 heavy (non-hydrogen) atoms. The first-order valence-electron chi connectivity index (χ1n) is 4.20. The van der Waals surface area contributed by atoms with E-state index in [0.717, 1.165) is 0 Å². The molecule has 0 bridgehead atoms. The minimum atomic E-state index is 0. The molecule has 2 aromatic rings. The second kappa shape index (κ2) is 20.6. The Morgan fingerprint density at radius 1 is 0.450 bits per heavy atom. The van der Waals surface area contributed by atoms with Crippen molar-refractivity contribution in [2.24, 2.45) is 0 Å². The van der Waals surface area contributed by atoms with Crippen molar-refractivity contribution >= 4 is 18.0 Å². The van der Waals surface area contributed by atoms with Crippen LogP contribution >= 0.6 is 0 Å². The standard InChI is InChI=1S/C12H10I.As.6FH/c1-3-7-11(8-4-1)13-12-9-5-2-6-10-12;;;;;;;/h1-10H;;6*1H/q+1;+5;;;;;;/p-6. The van der Waals surface area contributed by atoms with Crippen molar-refractivity contribution in [3.63, 3.8) is 0 Å². The van der Waals surface area contributed by atoms with E-state index >= 15 is 0 Å². The van der Waals surface area contributed by atoms with Crippen molar-refractivity contribution in [2.75, 3.05) is 0 Å². The van der Waals surface area contributed by atoms with E-state index in [1.54, 1.807) is 0 Å². The number of rotatable bonds is 2. The largest absolute Gasteiger partial charge is 5.00 e. The predicted octanol–water partition coefficient (Wildman–Crippen LogP) is -18.5. The monoisotopic (exact) mass is 470 g/mol. The van der Waals surface area contributed by atoms with Crippen LogP contribution in [0.4, 0.5) is 0 Å². The van der Waals surface area contributed by atoms with Gasteiger partial charge in [0.25, 0.3) is 0 Å². The van der Waals surface area contributed by atoms with E-state index in [-0.39, 0.29) is 67.4 Å². The molecule has 0 nitrogen and oxygen atoms in total. The third kappa shape index (κ3) is 12.3. The maximum atomic E-state index is 2.21. The molecule has 0 radical (unpaired) electrons. The fourth-order valence-corrected chi connectivity index (χ4v) is 3.35. The molecule has 0 N–H and O–H groups in total. The summed E-state index contributed by atoms with van der Waals surface area (Å²) in [5.41, 5.74) is 0. The molecular formula is C12H10AsF6I. The van der Waals surface area contributed by atoms with Gasteiger partial charge in [-0.3, -0.25) is 0 Å². The van der Waals surface area contributed by atoms with Gasteiger partial charge in [0.05, 0.1) is 0 Å². The zero-order chi connectivity index (χ0) is 8.93. The van der Waals surface area contributed by atoms with Crippen molar-refractivity contribution in [3.8, 4) is 0 Å². The van der Waals surface area contributed by atoms with E-state index in [1.165, 1.54) is 7.14 Å². The van der Waals surface area contributed by atoms with Crippen LogP contribution in [-0.4, -0.2) is 18.0 Å². The van der Waals surface area contributed by atoms with Crippen molar-refractivity contribution in [3.05, 3.63) is 67.8 Å². The third-order valence-electron chi connectivity index (χ3n) is 1.68. The van der Waals surface area contributed by atoms with Crippen molar-refractivity contribution < 1.29 is 49.4 Å². The van der Waals surface area contributed by atoms with Gasteiger partial charge in [0, 0.05) is 0 Å². The predicted molar refractivity (Wildman–Crippen MR) is 56.0 cm³/mol. The van der Waals surface area contributed by atoms with Gasteiger partial charge >= 0.3 is 39.2 Å². The Morgan fingerprint density at radius 3 is 0.950 bits per heavy atom. The molecule has 2 rings (SSSR count). The third-order valence-corrected chi connectivity index (χ3v) is 4.37. The molecule has 2 aromatic carbocycles. The molecule has 0 aliphatic carbocycles. The van der Waals surface area contributed by atoms with E-state index in [2.05, 4.69) is 60.7 Å². The average molecular weight is 470 g/mol. The quantitative estimate of drug-likeness (QED) is 0.233. The van der Waals surface area contributed by atoms with Crippen LogP contribution in [0.25, 0.3) is 0 Å². The Kier molecular flexibility index (Phi) is 37.7. The van der Waals surface area contributed by atoms with Gasteiger partial charge in [-0.25, -0.2) is 0 Å². The summed E-state index contributed by atoms with van der Waals surface area (Å²) in [6, 6.07) is 21.4. The Morgan fingerprint density at radius 2 is 0.700 bits per heavy atom. The van der Waals surface area contributed by atoms with Crippen LogP contribution in [0.3, 0.4) is 0 Å². The molecule has 0 fully saturated rings. The molecule has 0 spiro atoms. The summed E-state index contributed by atoms with van der Waals surface area (Å²) in [6.45, 7) is 0. The van der Waals surface area contributed by atoms with E-state index in [0.29, 0.717) is 0 Å². The minimum absolute atomic E-state index is 0. The Balaban J connectivity index is -0.0000000700. The zero-order valence-corrected chi connectivity index (χ0v) is 13.9. The average Bonchev–Trinajstić information content (AvgIpc) is 2.21. The normalized spacial score (nSPS) is 6.40. The number of hydrogen-bond acceptors (Lipinski definition) is 0. The molecular weight excluding hydrogens is 460 g/mol. The molecule has 0 heterocycles. The molecule has 0 saturated carbocycles. The van der Waals surface area contributed by atoms with Crippen LogP contribution in [-0.2, 0) is 0 Å². The Hall–Kier alpha value is -0.692. The van der Waals surface area contributed by atoms with Crippen LogP contribution in [0.2, 0.25) is 0 Å². The fraction of sp³-hybridized carbons (Fsp3) is 0. The first-order chi connectivity index (χ1) is 6.45. The fourth-order valence-electron chi connectivity index (χ4n) is 1.08. The van der Waals surface area contributed by atoms with E-state index < -0.39 is 0 Å². The topological polar surface area (TPSA) is 0 Å². The molecule has 0 atom stereocenters. The van der Waals surface area contributed by atoms with Crippen molar-refractivity contribution in [2.45, 2.75) is 0 Å². The van der Waals surface area contributed by atoms with E-state index in [1.807, 2.05) is 0 Å². The molecule has 0 aliphatic rings. The maximum absolute atomic E-state index is 2.21. The van der Waals surface area contributed by atoms with E-state index in [9.17, 15) is 0 Å². The van der Waals surface area contributed by atoms with Gasteiger partial charge < -0.3 is 28.2 Å². The SMILES string of the molecule is [As+5].[F-].[F-].[F-].[F-].[F-].[F-].c1ccc([I+]c2ccccc2)cc1. The maximum Gasteiger partial charge on any atom is 5.00 e. The van der Waals surface area contributed by atoms with Gasteiger partial charge in [-0.05, 0) is 24.3 Å². The van der Waals surface area contributed by atoms with Crippen LogP contribution < -0.4 is 49.4 Å². The molecule has 0 unspecified atom stereocenters. The van der Waals surface area contributed by atoms with Crippen LogP contribution in [0.15, 0.2) is 60.7 Å². The van der Waals surface area contributed by atoms with Crippen LogP contribution in [0.5, 0.6) is 0 Å². The van der Waals surface area contributed by atoms with Gasteiger partial charge in [0.15, 0.2) is 7.14 Å². The summed E-state index contributed by atoms with van der Waals surface area (Å²) in [5.74, 6) is 0. The molecule has 0 aromatic heterocycles. The van der Waals surface area contributed by atoms with Gasteiger partial charge in [0.2, 0.25) is 0 Å². The van der Waals surface area contributed by atoms with Gasteiger partial charge in [-0.2, -0.15) is 0 Å². The molecule has 0 saturated heterocycles. The summed E-state index contributed by atoms with van der Waals surface area (Å²) >= 11 is 0.0287. The molecule has 112 valence electrons. The second-order valence-electron chi connectivity index (χ2n) is 2.69. The first kappa shape index (κ1) is 36.5. The summed E-state index contributed by atoms with van der Waals surface area (Å²) < 4.78 is 2.96. The van der Waals surface area contributed by atoms with Crippen molar-refractivity contribution in [1.82, 2.24) is 0 Å². The second-order valence-corrected chi connectivity index (χ2v) is 5.72. The first-order valence-corrected chi connectivity index (χ1v) is 6.36. The van der Waals surface area contributed by atoms with Gasteiger partial charge in [0.1, 0.15) is 0 Å². The minimum Gasteiger partial charge on any atom is -1.00 e. The summed E-state index contributed by atoms with van der Waals surface area (Å²) in [7, 11) is 0. The summed E-state index contributed by atoms with van der Waals surface area (Å²) in [5, 5.41) is 0. The van der Waals surface area contributed by atoms with Gasteiger partial charge in [-0.15, -0.1) is 0 Å². The smallest absolute Gasteiger partial charge is 1.00 e. The van der Waals surface area contributed by atoms with E-state index in [4.69, 9.17) is 0 Å². The molecule has 8 heteroatoms. The number of hydrogen-bond donors (Lipinski definition) is 0. The van der Waals surface area contributed by atoms with Gasteiger partial charge in [-0.1, -0.05) is 36.4 Å².